The molecule has 0 N–H and O–H groups in total. The van der Waals surface area contributed by atoms with Crippen LogP contribution in [-0.4, -0.2) is 58.5 Å². The highest BCUT2D eigenvalue weighted by molar-refractivity contribution is 7.85. The first-order chi connectivity index (χ1) is 14.1. The van der Waals surface area contributed by atoms with Crippen molar-refractivity contribution in [2.45, 2.75) is 12.5 Å². The van der Waals surface area contributed by atoms with Crippen molar-refractivity contribution in [3.63, 3.8) is 0 Å². The lowest BCUT2D eigenvalue weighted by Gasteiger charge is -2.30. The standard InChI is InChI=1S/C24H29N3OS/c1-26(2)14-9-15-27-24(20-12-7-4-8-13-20)22-18-29(28)17-21(23(22)25-27)16-19-10-5-3-6-11-19/h3-8,10-13,16,22,24H,9,14-15,17-18H2,1-2H3/b21-16+. The largest absolute Gasteiger partial charge is 0.309 e. The molecule has 0 radical (unpaired) electrons. The second-order valence-electron chi connectivity index (χ2n) is 8.10. The van der Waals surface area contributed by atoms with E-state index in [0.717, 1.165) is 36.4 Å². The van der Waals surface area contributed by atoms with E-state index >= 15 is 0 Å². The summed E-state index contributed by atoms with van der Waals surface area (Å²) in [5.74, 6) is 1.47. The summed E-state index contributed by atoms with van der Waals surface area (Å²) in [5.41, 5.74) is 4.67. The lowest BCUT2D eigenvalue weighted by molar-refractivity contribution is 0.198. The van der Waals surface area contributed by atoms with Gasteiger partial charge in [-0.15, -0.1) is 0 Å². The fourth-order valence-electron chi connectivity index (χ4n) is 4.27. The van der Waals surface area contributed by atoms with Crippen molar-refractivity contribution >= 4 is 22.6 Å². The van der Waals surface area contributed by atoms with Crippen molar-refractivity contribution in [1.82, 2.24) is 9.91 Å². The van der Waals surface area contributed by atoms with Crippen molar-refractivity contribution in [2.24, 2.45) is 11.0 Å². The predicted molar refractivity (Wildman–Crippen MR) is 122 cm³/mol. The molecule has 0 spiro atoms. The number of hydrazone groups is 1. The summed E-state index contributed by atoms with van der Waals surface area (Å²) in [6, 6.07) is 21.1. The molecule has 1 fully saturated rings. The van der Waals surface area contributed by atoms with Gasteiger partial charge in [-0.05, 0) is 49.8 Å². The minimum absolute atomic E-state index is 0.164. The normalized spacial score (nSPS) is 25.3. The Morgan fingerprint density at radius 2 is 1.79 bits per heavy atom. The summed E-state index contributed by atoms with van der Waals surface area (Å²) in [5, 5.41) is 7.36. The van der Waals surface area contributed by atoms with E-state index < -0.39 is 10.8 Å². The van der Waals surface area contributed by atoms with Gasteiger partial charge in [-0.1, -0.05) is 60.7 Å². The Balaban J connectivity index is 1.68. The van der Waals surface area contributed by atoms with E-state index in [1.165, 1.54) is 5.56 Å². The highest BCUT2D eigenvalue weighted by Crippen LogP contribution is 2.40. The molecule has 2 heterocycles. The maximum Gasteiger partial charge on any atom is 0.0813 e. The van der Waals surface area contributed by atoms with Crippen LogP contribution in [0.5, 0.6) is 0 Å². The first kappa shape index (κ1) is 20.0. The highest BCUT2D eigenvalue weighted by Gasteiger charge is 2.43. The average molecular weight is 408 g/mol. The summed E-state index contributed by atoms with van der Waals surface area (Å²) in [6.07, 6.45) is 3.23. The smallest absolute Gasteiger partial charge is 0.0813 e. The number of fused-ring (bicyclic) bond motifs is 1. The Bertz CT molecular complexity index is 908. The van der Waals surface area contributed by atoms with Crippen LogP contribution in [-0.2, 0) is 10.8 Å². The van der Waals surface area contributed by atoms with Gasteiger partial charge in [0.05, 0.1) is 17.5 Å². The second-order valence-corrected chi connectivity index (χ2v) is 9.60. The summed E-state index contributed by atoms with van der Waals surface area (Å²) in [7, 11) is 3.35. The fourth-order valence-corrected chi connectivity index (χ4v) is 5.71. The van der Waals surface area contributed by atoms with Crippen LogP contribution in [0.4, 0.5) is 0 Å². The molecule has 2 aromatic carbocycles. The van der Waals surface area contributed by atoms with Crippen molar-refractivity contribution in [3.05, 3.63) is 77.4 Å². The van der Waals surface area contributed by atoms with Gasteiger partial charge >= 0.3 is 0 Å². The zero-order valence-corrected chi connectivity index (χ0v) is 18.0. The lowest BCUT2D eigenvalue weighted by atomic mass is 9.87. The van der Waals surface area contributed by atoms with Gasteiger partial charge in [0.2, 0.25) is 0 Å². The monoisotopic (exact) mass is 407 g/mol. The van der Waals surface area contributed by atoms with Crippen molar-refractivity contribution < 1.29 is 4.21 Å². The van der Waals surface area contributed by atoms with E-state index in [1.807, 2.05) is 18.2 Å². The number of hydrogen-bond acceptors (Lipinski definition) is 4. The van der Waals surface area contributed by atoms with Crippen LogP contribution in [0.1, 0.15) is 23.6 Å². The zero-order valence-electron chi connectivity index (χ0n) is 17.2. The molecule has 1 saturated heterocycles. The molecule has 0 saturated carbocycles. The van der Waals surface area contributed by atoms with Gasteiger partial charge in [0, 0.05) is 29.0 Å². The van der Waals surface area contributed by atoms with E-state index in [9.17, 15) is 4.21 Å². The van der Waals surface area contributed by atoms with E-state index in [0.29, 0.717) is 11.5 Å². The van der Waals surface area contributed by atoms with Gasteiger partial charge in [-0.25, -0.2) is 0 Å². The van der Waals surface area contributed by atoms with Crippen LogP contribution in [0.15, 0.2) is 71.3 Å². The predicted octanol–water partition coefficient (Wildman–Crippen LogP) is 3.81. The molecule has 2 aromatic rings. The quantitative estimate of drug-likeness (QED) is 0.730. The zero-order chi connectivity index (χ0) is 20.2. The Morgan fingerprint density at radius 3 is 2.48 bits per heavy atom. The maximum atomic E-state index is 12.8. The van der Waals surface area contributed by atoms with E-state index in [2.05, 4.69) is 72.5 Å². The molecule has 3 atom stereocenters. The van der Waals surface area contributed by atoms with Gasteiger partial charge < -0.3 is 4.90 Å². The van der Waals surface area contributed by atoms with Gasteiger partial charge in [0.15, 0.2) is 0 Å². The third kappa shape index (κ3) is 4.68. The van der Waals surface area contributed by atoms with Gasteiger partial charge in [0.1, 0.15) is 0 Å². The molecule has 0 aliphatic carbocycles. The van der Waals surface area contributed by atoms with Crippen LogP contribution in [0, 0.1) is 5.92 Å². The Hall–Kier alpha value is -2.24. The fraction of sp³-hybridized carbons (Fsp3) is 0.375. The van der Waals surface area contributed by atoms with Crippen molar-refractivity contribution in [1.29, 1.82) is 0 Å². The molecular formula is C24H29N3OS. The second kappa shape index (κ2) is 9.06. The molecular weight excluding hydrogens is 378 g/mol. The SMILES string of the molecule is CN(C)CCCN1N=C2/C(=C/c3ccccc3)CS(=O)CC2C1c1ccccc1. The number of rotatable bonds is 6. The van der Waals surface area contributed by atoms with E-state index in [1.54, 1.807) is 0 Å². The average Bonchev–Trinajstić information content (AvgIpc) is 3.07. The summed E-state index contributed by atoms with van der Waals surface area (Å²) in [6.45, 7) is 1.94. The molecule has 4 rings (SSSR count). The number of nitrogens with zero attached hydrogens (tertiary/aromatic N) is 3. The van der Waals surface area contributed by atoms with E-state index in [-0.39, 0.29) is 12.0 Å². The molecule has 0 bridgehead atoms. The minimum atomic E-state index is -0.861. The summed E-state index contributed by atoms with van der Waals surface area (Å²) in [4.78, 5) is 2.21. The Labute approximate surface area is 176 Å². The molecule has 3 unspecified atom stereocenters. The topological polar surface area (TPSA) is 35.9 Å². The van der Waals surface area contributed by atoms with Crippen LogP contribution in [0.25, 0.3) is 6.08 Å². The van der Waals surface area contributed by atoms with E-state index in [4.69, 9.17) is 5.10 Å². The van der Waals surface area contributed by atoms with Crippen LogP contribution < -0.4 is 0 Å². The number of benzene rings is 2. The van der Waals surface area contributed by atoms with Crippen molar-refractivity contribution in [3.8, 4) is 0 Å². The third-order valence-electron chi connectivity index (χ3n) is 5.57. The first-order valence-electron chi connectivity index (χ1n) is 10.3. The van der Waals surface area contributed by atoms with Crippen molar-refractivity contribution in [2.75, 3.05) is 38.7 Å². The molecule has 29 heavy (non-hydrogen) atoms. The molecule has 2 aliphatic heterocycles. The van der Waals surface area contributed by atoms with Crippen LogP contribution in [0.3, 0.4) is 0 Å². The van der Waals surface area contributed by atoms with Gasteiger partial charge in [0.25, 0.3) is 0 Å². The third-order valence-corrected chi connectivity index (χ3v) is 6.94. The molecule has 5 heteroatoms. The minimum Gasteiger partial charge on any atom is -0.309 e. The Kier molecular flexibility index (Phi) is 6.26. The molecule has 4 nitrogen and oxygen atoms in total. The summed E-state index contributed by atoms with van der Waals surface area (Å²) < 4.78 is 12.8. The molecule has 2 aliphatic rings. The maximum absolute atomic E-state index is 12.8. The van der Waals surface area contributed by atoms with Crippen LogP contribution in [0.2, 0.25) is 0 Å². The molecule has 0 aromatic heterocycles. The van der Waals surface area contributed by atoms with Gasteiger partial charge in [-0.3, -0.25) is 9.22 Å². The molecule has 0 amide bonds. The van der Waals surface area contributed by atoms with Gasteiger partial charge in [-0.2, -0.15) is 5.10 Å². The number of hydrogen-bond donors (Lipinski definition) is 0. The summed E-state index contributed by atoms with van der Waals surface area (Å²) >= 11 is 0. The lowest BCUT2D eigenvalue weighted by Crippen LogP contribution is -2.35. The van der Waals surface area contributed by atoms with Crippen LogP contribution >= 0.6 is 0 Å². The first-order valence-corrected chi connectivity index (χ1v) is 11.8. The molecule has 152 valence electrons. The highest BCUT2D eigenvalue weighted by atomic mass is 32.2. The Morgan fingerprint density at radius 1 is 1.10 bits per heavy atom.